The molecule has 2 aromatic rings. The molecule has 2 aromatic carbocycles. The topological polar surface area (TPSA) is 54.9 Å². The average Bonchev–Trinajstić information content (AvgIpc) is 3.12. The van der Waals surface area contributed by atoms with E-state index in [-0.39, 0.29) is 24.0 Å². The van der Waals surface area contributed by atoms with E-state index >= 15 is 0 Å². The van der Waals surface area contributed by atoms with Crippen molar-refractivity contribution >= 4 is 41.7 Å². The molecule has 1 aliphatic rings. The Morgan fingerprint density at radius 3 is 2.50 bits per heavy atom. The number of ether oxygens (including phenoxy) is 2. The number of nitrogens with zero attached hydrogens (tertiary/aromatic N) is 1. The molecule has 0 fully saturated rings. The first-order chi connectivity index (χ1) is 12.3. The quantitative estimate of drug-likeness (QED) is 0.280. The molecule has 0 amide bonds. The highest BCUT2D eigenvalue weighted by molar-refractivity contribution is 14.0. The van der Waals surface area contributed by atoms with E-state index in [4.69, 9.17) is 9.47 Å². The van der Waals surface area contributed by atoms with E-state index in [0.29, 0.717) is 13.3 Å². The highest BCUT2D eigenvalue weighted by Crippen LogP contribution is 2.32. The summed E-state index contributed by atoms with van der Waals surface area (Å²) in [5.41, 5.74) is 2.32. The zero-order chi connectivity index (χ0) is 17.5. The van der Waals surface area contributed by atoms with Crippen LogP contribution in [0, 0.1) is 0 Å². The fraction of sp³-hybridized carbons (Fsp3) is 0.316. The number of rotatable bonds is 6. The summed E-state index contributed by atoms with van der Waals surface area (Å²) in [6.07, 6.45) is 2.08. The van der Waals surface area contributed by atoms with E-state index in [0.717, 1.165) is 36.1 Å². The lowest BCUT2D eigenvalue weighted by Crippen LogP contribution is -2.36. The largest absolute Gasteiger partial charge is 0.454 e. The molecule has 0 aliphatic carbocycles. The van der Waals surface area contributed by atoms with Crippen molar-refractivity contribution in [3.8, 4) is 11.5 Å². The zero-order valence-electron chi connectivity index (χ0n) is 15.0. The van der Waals surface area contributed by atoms with Crippen molar-refractivity contribution in [2.45, 2.75) is 24.9 Å². The molecule has 5 nitrogen and oxygen atoms in total. The third-order valence-corrected chi connectivity index (χ3v) is 4.56. The van der Waals surface area contributed by atoms with Gasteiger partial charge in [0.25, 0.3) is 0 Å². The van der Waals surface area contributed by atoms with Gasteiger partial charge >= 0.3 is 0 Å². The lowest BCUT2D eigenvalue weighted by molar-refractivity contribution is 0.174. The minimum absolute atomic E-state index is 0. The van der Waals surface area contributed by atoms with Crippen LogP contribution in [0.5, 0.6) is 11.5 Å². The van der Waals surface area contributed by atoms with Crippen LogP contribution in [0.3, 0.4) is 0 Å². The van der Waals surface area contributed by atoms with Gasteiger partial charge in [0.05, 0.1) is 6.54 Å². The third-order valence-electron chi connectivity index (χ3n) is 3.82. The Hall–Kier alpha value is -1.61. The van der Waals surface area contributed by atoms with Gasteiger partial charge in [-0.25, -0.2) is 4.99 Å². The van der Waals surface area contributed by atoms with E-state index in [9.17, 15) is 0 Å². The molecular weight excluding hydrogens is 461 g/mol. The van der Waals surface area contributed by atoms with Crippen molar-refractivity contribution in [1.82, 2.24) is 10.6 Å². The maximum Gasteiger partial charge on any atom is 0.231 e. The van der Waals surface area contributed by atoms with Crippen LogP contribution >= 0.6 is 35.7 Å². The molecule has 0 bridgehead atoms. The number of hydrogen-bond donors (Lipinski definition) is 2. The number of halogens is 1. The molecule has 0 radical (unpaired) electrons. The van der Waals surface area contributed by atoms with Gasteiger partial charge < -0.3 is 20.1 Å². The predicted octanol–water partition coefficient (Wildman–Crippen LogP) is 4.01. The molecule has 0 saturated heterocycles. The molecule has 0 saturated carbocycles. The van der Waals surface area contributed by atoms with Crippen molar-refractivity contribution < 1.29 is 9.47 Å². The van der Waals surface area contributed by atoms with Gasteiger partial charge in [-0.15, -0.1) is 35.7 Å². The summed E-state index contributed by atoms with van der Waals surface area (Å²) in [4.78, 5) is 5.92. The van der Waals surface area contributed by atoms with Crippen LogP contribution in [-0.4, -0.2) is 25.6 Å². The monoisotopic (exact) mass is 485 g/mol. The Labute approximate surface area is 176 Å². The number of benzene rings is 2. The third kappa shape index (κ3) is 5.70. The van der Waals surface area contributed by atoms with Gasteiger partial charge in [0.1, 0.15) is 0 Å². The molecule has 3 rings (SSSR count). The molecule has 0 spiro atoms. The first-order valence-electron chi connectivity index (χ1n) is 8.32. The van der Waals surface area contributed by atoms with Gasteiger partial charge in [0.2, 0.25) is 6.79 Å². The number of thioether (sulfide) groups is 1. The number of nitrogens with one attached hydrogen (secondary N) is 2. The molecule has 140 valence electrons. The lowest BCUT2D eigenvalue weighted by Gasteiger charge is -2.12. The number of fused-ring (bicyclic) bond motifs is 1. The summed E-state index contributed by atoms with van der Waals surface area (Å²) in [7, 11) is 0. The zero-order valence-corrected chi connectivity index (χ0v) is 18.1. The second-order valence-electron chi connectivity index (χ2n) is 5.58. The minimum Gasteiger partial charge on any atom is -0.454 e. The SMILES string of the molecule is CCNC(=NCc1ccc2c(c1)OCO2)NCc1ccc(SC)cc1.I. The highest BCUT2D eigenvalue weighted by atomic mass is 127. The Balaban J connectivity index is 0.00000243. The number of hydrogen-bond acceptors (Lipinski definition) is 4. The molecule has 1 aliphatic heterocycles. The second-order valence-corrected chi connectivity index (χ2v) is 6.46. The normalized spacial score (nSPS) is 12.5. The van der Waals surface area contributed by atoms with Gasteiger partial charge in [0.15, 0.2) is 17.5 Å². The summed E-state index contributed by atoms with van der Waals surface area (Å²) in [6, 6.07) is 14.5. The standard InChI is InChI=1S/C19H23N3O2S.HI/c1-3-20-19(21-11-14-4-7-16(25-2)8-5-14)22-12-15-6-9-17-18(10-15)24-13-23-17;/h4-10H,3,11-13H2,1-2H3,(H2,20,21,22);1H. The first kappa shape index (κ1) is 20.7. The smallest absolute Gasteiger partial charge is 0.231 e. The van der Waals surface area contributed by atoms with Gasteiger partial charge in [-0.3, -0.25) is 0 Å². The molecule has 0 atom stereocenters. The fourth-order valence-electron chi connectivity index (χ4n) is 2.48. The molecule has 26 heavy (non-hydrogen) atoms. The van der Waals surface area contributed by atoms with Crippen LogP contribution in [0.4, 0.5) is 0 Å². The molecule has 0 unspecified atom stereocenters. The van der Waals surface area contributed by atoms with E-state index in [1.54, 1.807) is 11.8 Å². The van der Waals surface area contributed by atoms with Crippen molar-refractivity contribution in [2.24, 2.45) is 4.99 Å². The maximum absolute atomic E-state index is 5.41. The Bertz CT molecular complexity index is 738. The Morgan fingerprint density at radius 1 is 1.04 bits per heavy atom. The van der Waals surface area contributed by atoms with Crippen LogP contribution in [0.25, 0.3) is 0 Å². The van der Waals surface area contributed by atoms with Crippen LogP contribution < -0.4 is 20.1 Å². The van der Waals surface area contributed by atoms with Crippen LogP contribution in [-0.2, 0) is 13.1 Å². The first-order valence-corrected chi connectivity index (χ1v) is 9.54. The summed E-state index contributed by atoms with van der Waals surface area (Å²) in [5, 5.41) is 6.65. The maximum atomic E-state index is 5.41. The molecule has 7 heteroatoms. The molecule has 1 heterocycles. The van der Waals surface area contributed by atoms with Crippen LogP contribution in [0.15, 0.2) is 52.4 Å². The van der Waals surface area contributed by atoms with E-state index in [1.165, 1.54) is 10.5 Å². The van der Waals surface area contributed by atoms with Crippen LogP contribution in [0.1, 0.15) is 18.1 Å². The average molecular weight is 485 g/mol. The van der Waals surface area contributed by atoms with E-state index < -0.39 is 0 Å². The van der Waals surface area contributed by atoms with Gasteiger partial charge in [-0.2, -0.15) is 0 Å². The summed E-state index contributed by atoms with van der Waals surface area (Å²) >= 11 is 1.75. The van der Waals surface area contributed by atoms with Crippen molar-refractivity contribution in [3.63, 3.8) is 0 Å². The van der Waals surface area contributed by atoms with Crippen molar-refractivity contribution in [2.75, 3.05) is 19.6 Å². The predicted molar refractivity (Wildman–Crippen MR) is 118 cm³/mol. The number of guanidine groups is 1. The van der Waals surface area contributed by atoms with E-state index in [2.05, 4.69) is 53.1 Å². The molecule has 0 aromatic heterocycles. The fourth-order valence-corrected chi connectivity index (χ4v) is 2.89. The van der Waals surface area contributed by atoms with E-state index in [1.807, 2.05) is 18.2 Å². The summed E-state index contributed by atoms with van der Waals surface area (Å²) in [5.74, 6) is 2.39. The second kappa shape index (κ2) is 10.5. The molecular formula is C19H24IN3O2S. The van der Waals surface area contributed by atoms with Crippen LogP contribution in [0.2, 0.25) is 0 Å². The summed E-state index contributed by atoms with van der Waals surface area (Å²) in [6.45, 7) is 4.49. The van der Waals surface area contributed by atoms with Gasteiger partial charge in [0, 0.05) is 18.0 Å². The lowest BCUT2D eigenvalue weighted by atomic mass is 10.2. The van der Waals surface area contributed by atoms with Crippen molar-refractivity contribution in [3.05, 3.63) is 53.6 Å². The van der Waals surface area contributed by atoms with Gasteiger partial charge in [-0.1, -0.05) is 18.2 Å². The van der Waals surface area contributed by atoms with Gasteiger partial charge in [-0.05, 0) is 48.6 Å². The summed E-state index contributed by atoms with van der Waals surface area (Å²) < 4.78 is 10.8. The highest BCUT2D eigenvalue weighted by Gasteiger charge is 2.12. The van der Waals surface area contributed by atoms with Crippen molar-refractivity contribution in [1.29, 1.82) is 0 Å². The number of aliphatic imine (C=N–C) groups is 1. The molecule has 2 N–H and O–H groups in total. The minimum atomic E-state index is 0. The Morgan fingerprint density at radius 2 is 1.77 bits per heavy atom. The Kier molecular flexibility index (Phi) is 8.37.